The highest BCUT2D eigenvalue weighted by Gasteiger charge is 2.13. The number of aryl methyl sites for hydroxylation is 1. The minimum Gasteiger partial charge on any atom is -0.394 e. The Morgan fingerprint density at radius 3 is 3.00 bits per heavy atom. The molecule has 0 radical (unpaired) electrons. The lowest BCUT2D eigenvalue weighted by atomic mass is 10.3. The Morgan fingerprint density at radius 1 is 1.85 bits per heavy atom. The van der Waals surface area contributed by atoms with Crippen LogP contribution >= 0.6 is 11.3 Å². The number of carbonyl (C=O) groups excluding carboxylic acids is 1. The first-order valence-electron chi connectivity index (χ1n) is 3.97. The van der Waals surface area contributed by atoms with Gasteiger partial charge in [0.15, 0.2) is 0 Å². The SMILES string of the molecule is Cc1ncsc1C(=O)N[C@H](C)CO. The summed E-state index contributed by atoms with van der Waals surface area (Å²) in [5.74, 6) is -0.165. The first kappa shape index (κ1) is 10.1. The maximum atomic E-state index is 11.4. The largest absolute Gasteiger partial charge is 0.394 e. The van der Waals surface area contributed by atoms with E-state index in [-0.39, 0.29) is 18.6 Å². The van der Waals surface area contributed by atoms with E-state index in [0.717, 1.165) is 5.69 Å². The van der Waals surface area contributed by atoms with Gasteiger partial charge in [-0.15, -0.1) is 11.3 Å². The van der Waals surface area contributed by atoms with Crippen LogP contribution in [0.2, 0.25) is 0 Å². The molecule has 13 heavy (non-hydrogen) atoms. The molecule has 0 aliphatic carbocycles. The van der Waals surface area contributed by atoms with Crippen LogP contribution in [-0.4, -0.2) is 28.6 Å². The molecule has 5 heteroatoms. The van der Waals surface area contributed by atoms with E-state index in [1.54, 1.807) is 19.4 Å². The van der Waals surface area contributed by atoms with Crippen molar-refractivity contribution in [2.24, 2.45) is 0 Å². The lowest BCUT2D eigenvalue weighted by Crippen LogP contribution is -2.34. The molecule has 1 aromatic heterocycles. The average molecular weight is 200 g/mol. The smallest absolute Gasteiger partial charge is 0.263 e. The molecule has 0 aliphatic heterocycles. The molecule has 0 aromatic carbocycles. The number of rotatable bonds is 3. The van der Waals surface area contributed by atoms with E-state index in [4.69, 9.17) is 5.11 Å². The fraction of sp³-hybridized carbons (Fsp3) is 0.500. The normalized spacial score (nSPS) is 12.5. The molecule has 1 heterocycles. The highest BCUT2D eigenvalue weighted by molar-refractivity contribution is 7.11. The molecule has 0 spiro atoms. The summed E-state index contributed by atoms with van der Waals surface area (Å²) < 4.78 is 0. The summed E-state index contributed by atoms with van der Waals surface area (Å²) in [7, 11) is 0. The van der Waals surface area contributed by atoms with Gasteiger partial charge in [0.05, 0.1) is 17.8 Å². The summed E-state index contributed by atoms with van der Waals surface area (Å²) in [6, 6.07) is -0.214. The molecule has 72 valence electrons. The first-order chi connectivity index (χ1) is 6.15. The standard InChI is InChI=1S/C8H12N2O2S/c1-5(3-11)10-8(12)7-6(2)9-4-13-7/h4-5,11H,3H2,1-2H3,(H,10,12)/t5-/m1/s1. The van der Waals surface area contributed by atoms with Gasteiger partial charge in [0.2, 0.25) is 0 Å². The fourth-order valence-electron chi connectivity index (χ4n) is 0.855. The summed E-state index contributed by atoms with van der Waals surface area (Å²) in [5.41, 5.74) is 2.36. The second-order valence-corrected chi connectivity index (χ2v) is 3.68. The van der Waals surface area contributed by atoms with Gasteiger partial charge in [0.1, 0.15) is 4.88 Å². The highest BCUT2D eigenvalue weighted by atomic mass is 32.1. The number of amides is 1. The van der Waals surface area contributed by atoms with E-state index in [1.165, 1.54) is 11.3 Å². The molecule has 0 saturated heterocycles. The average Bonchev–Trinajstić information content (AvgIpc) is 2.51. The number of thiazole rings is 1. The van der Waals surface area contributed by atoms with E-state index in [9.17, 15) is 4.79 Å². The van der Waals surface area contributed by atoms with Crippen molar-refractivity contribution in [3.8, 4) is 0 Å². The van der Waals surface area contributed by atoms with Gasteiger partial charge in [-0.05, 0) is 13.8 Å². The Labute approximate surface area is 80.6 Å². The molecule has 1 rings (SSSR count). The van der Waals surface area contributed by atoms with Crippen molar-refractivity contribution in [2.75, 3.05) is 6.61 Å². The van der Waals surface area contributed by atoms with Crippen molar-refractivity contribution in [2.45, 2.75) is 19.9 Å². The Balaban J connectivity index is 2.64. The first-order valence-corrected chi connectivity index (χ1v) is 4.85. The lowest BCUT2D eigenvalue weighted by molar-refractivity contribution is 0.0925. The molecule has 1 amide bonds. The summed E-state index contributed by atoms with van der Waals surface area (Å²) in [5, 5.41) is 11.4. The zero-order chi connectivity index (χ0) is 9.84. The molecule has 1 aromatic rings. The van der Waals surface area contributed by atoms with E-state index in [0.29, 0.717) is 4.88 Å². The van der Waals surface area contributed by atoms with Gasteiger partial charge in [-0.2, -0.15) is 0 Å². The molecule has 0 saturated carbocycles. The molecule has 4 nitrogen and oxygen atoms in total. The van der Waals surface area contributed by atoms with Crippen LogP contribution in [0.15, 0.2) is 5.51 Å². The van der Waals surface area contributed by atoms with Gasteiger partial charge in [-0.25, -0.2) is 4.98 Å². The summed E-state index contributed by atoms with van der Waals surface area (Å²) in [6.07, 6.45) is 0. The number of aliphatic hydroxyl groups is 1. The summed E-state index contributed by atoms with van der Waals surface area (Å²) in [6.45, 7) is 3.48. The summed E-state index contributed by atoms with van der Waals surface area (Å²) in [4.78, 5) is 16.0. The second-order valence-electron chi connectivity index (χ2n) is 2.82. The van der Waals surface area contributed by atoms with Crippen LogP contribution in [0, 0.1) is 6.92 Å². The predicted molar refractivity (Wildman–Crippen MR) is 50.9 cm³/mol. The zero-order valence-electron chi connectivity index (χ0n) is 7.57. The van der Waals surface area contributed by atoms with Gasteiger partial charge in [0, 0.05) is 6.04 Å². The number of aliphatic hydroxyl groups excluding tert-OH is 1. The van der Waals surface area contributed by atoms with Crippen molar-refractivity contribution in [3.63, 3.8) is 0 Å². The highest BCUT2D eigenvalue weighted by Crippen LogP contribution is 2.11. The van der Waals surface area contributed by atoms with Crippen LogP contribution in [0.25, 0.3) is 0 Å². The number of hydrogen-bond donors (Lipinski definition) is 2. The third kappa shape index (κ3) is 2.50. The van der Waals surface area contributed by atoms with Crippen molar-refractivity contribution in [3.05, 3.63) is 16.1 Å². The predicted octanol–water partition coefficient (Wildman–Crippen LogP) is 0.562. The van der Waals surface area contributed by atoms with Crippen LogP contribution in [-0.2, 0) is 0 Å². The van der Waals surface area contributed by atoms with Crippen molar-refractivity contribution >= 4 is 17.2 Å². The van der Waals surface area contributed by atoms with E-state index >= 15 is 0 Å². The quantitative estimate of drug-likeness (QED) is 0.749. The van der Waals surface area contributed by atoms with Crippen molar-refractivity contribution in [1.82, 2.24) is 10.3 Å². The molecular weight excluding hydrogens is 188 g/mol. The van der Waals surface area contributed by atoms with Gasteiger partial charge in [-0.1, -0.05) is 0 Å². The third-order valence-corrected chi connectivity index (χ3v) is 2.53. The Kier molecular flexibility index (Phi) is 3.39. The number of nitrogens with zero attached hydrogens (tertiary/aromatic N) is 1. The van der Waals surface area contributed by atoms with Gasteiger partial charge in [0.25, 0.3) is 5.91 Å². The lowest BCUT2D eigenvalue weighted by Gasteiger charge is -2.09. The minimum atomic E-state index is -0.214. The molecule has 0 bridgehead atoms. The topological polar surface area (TPSA) is 62.2 Å². The van der Waals surface area contributed by atoms with Gasteiger partial charge >= 0.3 is 0 Å². The fourth-order valence-corrected chi connectivity index (χ4v) is 1.56. The van der Waals surface area contributed by atoms with Gasteiger partial charge in [-0.3, -0.25) is 4.79 Å². The van der Waals surface area contributed by atoms with Crippen LogP contribution in [0.1, 0.15) is 22.3 Å². The Bertz CT molecular complexity index is 298. The number of aromatic nitrogens is 1. The van der Waals surface area contributed by atoms with E-state index in [2.05, 4.69) is 10.3 Å². The van der Waals surface area contributed by atoms with Crippen LogP contribution in [0.5, 0.6) is 0 Å². The maximum Gasteiger partial charge on any atom is 0.263 e. The zero-order valence-corrected chi connectivity index (χ0v) is 8.39. The minimum absolute atomic E-state index is 0.0520. The third-order valence-electron chi connectivity index (χ3n) is 1.60. The summed E-state index contributed by atoms with van der Waals surface area (Å²) >= 11 is 1.31. The number of nitrogens with one attached hydrogen (secondary N) is 1. The second kappa shape index (κ2) is 4.34. The molecule has 1 atom stereocenters. The maximum absolute atomic E-state index is 11.4. The molecular formula is C8H12N2O2S. The van der Waals surface area contributed by atoms with E-state index < -0.39 is 0 Å². The molecule has 0 fully saturated rings. The van der Waals surface area contributed by atoms with E-state index in [1.807, 2.05) is 0 Å². The van der Waals surface area contributed by atoms with Gasteiger partial charge < -0.3 is 10.4 Å². The molecule has 0 unspecified atom stereocenters. The van der Waals surface area contributed by atoms with Crippen LogP contribution in [0.4, 0.5) is 0 Å². The number of carbonyl (C=O) groups is 1. The molecule has 2 N–H and O–H groups in total. The monoisotopic (exact) mass is 200 g/mol. The Morgan fingerprint density at radius 2 is 2.54 bits per heavy atom. The van der Waals surface area contributed by atoms with Crippen molar-refractivity contribution < 1.29 is 9.90 Å². The van der Waals surface area contributed by atoms with Crippen LogP contribution in [0.3, 0.4) is 0 Å². The van der Waals surface area contributed by atoms with Crippen LogP contribution < -0.4 is 5.32 Å². The molecule has 0 aliphatic rings. The van der Waals surface area contributed by atoms with Crippen molar-refractivity contribution in [1.29, 1.82) is 0 Å². The number of hydrogen-bond acceptors (Lipinski definition) is 4. The Hall–Kier alpha value is -0.940.